The average molecular weight is 421 g/mol. The molecule has 1 saturated heterocycles. The van der Waals surface area contributed by atoms with Crippen LogP contribution in [0.1, 0.15) is 104 Å². The molecule has 1 aliphatic rings. The lowest BCUT2D eigenvalue weighted by atomic mass is 9.80. The van der Waals surface area contributed by atoms with E-state index in [0.29, 0.717) is 11.8 Å². The Hall–Kier alpha value is 0.0700. The molecule has 1 N–H and O–H groups in total. The van der Waals surface area contributed by atoms with Gasteiger partial charge in [-0.1, -0.05) is 91.4 Å². The van der Waals surface area contributed by atoms with Gasteiger partial charge in [0.05, 0.1) is 19.3 Å². The van der Waals surface area contributed by atoms with Crippen LogP contribution in [0.5, 0.6) is 0 Å². The zero-order valence-corrected chi connectivity index (χ0v) is 19.5. The number of hydrogen-bond acceptors (Lipinski definition) is 4. The summed E-state index contributed by atoms with van der Waals surface area (Å²) in [7, 11) is -3.98. The summed E-state index contributed by atoms with van der Waals surface area (Å²) in [4.78, 5) is 9.95. The lowest BCUT2D eigenvalue weighted by Gasteiger charge is -2.28. The van der Waals surface area contributed by atoms with Gasteiger partial charge in [-0.2, -0.15) is 0 Å². The number of rotatable bonds is 18. The van der Waals surface area contributed by atoms with Crippen LogP contribution >= 0.6 is 7.82 Å². The van der Waals surface area contributed by atoms with Crippen molar-refractivity contribution in [2.45, 2.75) is 110 Å². The minimum absolute atomic E-state index is 0.0859. The monoisotopic (exact) mass is 420 g/mol. The third-order valence-electron chi connectivity index (χ3n) is 5.88. The molecular weight excluding hydrogens is 375 g/mol. The van der Waals surface area contributed by atoms with E-state index in [-0.39, 0.29) is 19.3 Å². The lowest BCUT2D eigenvalue weighted by molar-refractivity contribution is 0.0181. The largest absolute Gasteiger partial charge is 0.472 e. The molecule has 0 amide bonds. The van der Waals surface area contributed by atoms with Crippen molar-refractivity contribution >= 4 is 7.82 Å². The molecule has 4 atom stereocenters. The van der Waals surface area contributed by atoms with Gasteiger partial charge in [0, 0.05) is 6.61 Å². The maximum absolute atomic E-state index is 12.2. The molecule has 0 aliphatic carbocycles. The van der Waals surface area contributed by atoms with Crippen LogP contribution in [0.25, 0.3) is 0 Å². The van der Waals surface area contributed by atoms with Gasteiger partial charge < -0.3 is 9.63 Å². The number of ether oxygens (including phenoxy) is 1. The third-order valence-corrected chi connectivity index (χ3v) is 6.86. The number of unbranched alkanes of at least 4 members (excludes halogenated alkanes) is 7. The molecule has 6 heteroatoms. The Morgan fingerprint density at radius 2 is 1.57 bits per heavy atom. The van der Waals surface area contributed by atoms with Gasteiger partial charge in [0.2, 0.25) is 0 Å². The molecule has 3 unspecified atom stereocenters. The van der Waals surface area contributed by atoms with Crippen LogP contribution in [0.15, 0.2) is 0 Å². The van der Waals surface area contributed by atoms with Gasteiger partial charge in [0.1, 0.15) is 0 Å². The van der Waals surface area contributed by atoms with Gasteiger partial charge in [-0.15, -0.1) is 0 Å². The third kappa shape index (κ3) is 11.3. The van der Waals surface area contributed by atoms with Gasteiger partial charge in [0.25, 0.3) is 0 Å². The van der Waals surface area contributed by atoms with Crippen LogP contribution < -0.4 is 0 Å². The molecule has 1 rings (SSSR count). The highest BCUT2D eigenvalue weighted by Gasteiger charge is 2.36. The van der Waals surface area contributed by atoms with Gasteiger partial charge in [-0.05, 0) is 24.7 Å². The number of phosphoric acid groups is 1. The Morgan fingerprint density at radius 1 is 0.929 bits per heavy atom. The molecule has 0 aromatic heterocycles. The van der Waals surface area contributed by atoms with Gasteiger partial charge >= 0.3 is 7.82 Å². The summed E-state index contributed by atoms with van der Waals surface area (Å²) in [5.41, 5.74) is 0. The van der Waals surface area contributed by atoms with Crippen molar-refractivity contribution in [3.05, 3.63) is 0 Å². The van der Waals surface area contributed by atoms with Crippen LogP contribution in [0.3, 0.4) is 0 Å². The predicted octanol–water partition coefficient (Wildman–Crippen LogP) is 6.88. The minimum Gasteiger partial charge on any atom is -0.375 e. The fourth-order valence-electron chi connectivity index (χ4n) is 4.16. The average Bonchev–Trinajstić information content (AvgIpc) is 3.14. The van der Waals surface area contributed by atoms with Crippen LogP contribution in [0.2, 0.25) is 0 Å². The highest BCUT2D eigenvalue weighted by atomic mass is 31.2. The summed E-state index contributed by atoms with van der Waals surface area (Å²) in [5, 5.41) is 0. The van der Waals surface area contributed by atoms with E-state index < -0.39 is 7.82 Å². The van der Waals surface area contributed by atoms with E-state index in [2.05, 4.69) is 20.8 Å². The van der Waals surface area contributed by atoms with Gasteiger partial charge in [-0.3, -0.25) is 9.05 Å². The lowest BCUT2D eigenvalue weighted by Crippen LogP contribution is -2.28. The first-order chi connectivity index (χ1) is 13.5. The molecule has 0 bridgehead atoms. The standard InChI is InChI=1S/C22H45O5P/c1-4-7-10-12-15-20(14-9-6-3)21-16-18-25-22(21)19-27-28(23,24)26-17-13-11-8-5-2/h20-22H,4-19H2,1-3H3,(H,23,24)/t20?,21?,22-/m0/s1. The number of phosphoric ester groups is 1. The summed E-state index contributed by atoms with van der Waals surface area (Å²) >= 11 is 0. The summed E-state index contributed by atoms with van der Waals surface area (Å²) in [6.45, 7) is 7.77. The zero-order valence-electron chi connectivity index (χ0n) is 18.6. The van der Waals surface area contributed by atoms with Crippen molar-refractivity contribution < 1.29 is 23.2 Å². The number of hydrogen-bond donors (Lipinski definition) is 1. The highest BCUT2D eigenvalue weighted by molar-refractivity contribution is 7.47. The van der Waals surface area contributed by atoms with Gasteiger partial charge in [-0.25, -0.2) is 4.57 Å². The molecule has 1 aliphatic heterocycles. The second-order valence-electron chi connectivity index (χ2n) is 8.27. The smallest absolute Gasteiger partial charge is 0.375 e. The summed E-state index contributed by atoms with van der Waals surface area (Å²) in [6.07, 6.45) is 15.0. The summed E-state index contributed by atoms with van der Waals surface area (Å²) in [6, 6.07) is 0. The second-order valence-corrected chi connectivity index (χ2v) is 9.73. The molecule has 28 heavy (non-hydrogen) atoms. The van der Waals surface area contributed by atoms with E-state index in [0.717, 1.165) is 38.7 Å². The molecule has 0 aromatic carbocycles. The van der Waals surface area contributed by atoms with E-state index in [4.69, 9.17) is 13.8 Å². The van der Waals surface area contributed by atoms with E-state index in [1.165, 1.54) is 51.4 Å². The first-order valence-corrected chi connectivity index (χ1v) is 13.3. The van der Waals surface area contributed by atoms with Crippen molar-refractivity contribution in [3.63, 3.8) is 0 Å². The van der Waals surface area contributed by atoms with E-state index in [1.54, 1.807) is 0 Å². The van der Waals surface area contributed by atoms with Crippen LogP contribution in [-0.4, -0.2) is 30.8 Å². The topological polar surface area (TPSA) is 65.0 Å². The molecule has 0 saturated carbocycles. The summed E-state index contributed by atoms with van der Waals surface area (Å²) in [5.74, 6) is 1.05. The fourth-order valence-corrected chi connectivity index (χ4v) is 4.93. The SMILES string of the molecule is CCCCCCOP(=O)(O)OC[C@@H]1OCCC1C(CCCC)CCCCCC. The van der Waals surface area contributed by atoms with E-state index >= 15 is 0 Å². The minimum atomic E-state index is -3.98. The van der Waals surface area contributed by atoms with Gasteiger partial charge in [0.15, 0.2) is 0 Å². The normalized spacial score (nSPS) is 23.0. The zero-order chi connectivity index (χ0) is 20.7. The summed E-state index contributed by atoms with van der Waals surface area (Å²) < 4.78 is 28.5. The molecule has 5 nitrogen and oxygen atoms in total. The first-order valence-electron chi connectivity index (χ1n) is 11.8. The Labute approximate surface area is 173 Å². The molecule has 0 aromatic rings. The Bertz CT molecular complexity index is 418. The molecule has 168 valence electrons. The van der Waals surface area contributed by atoms with Crippen molar-refractivity contribution in [2.75, 3.05) is 19.8 Å². The van der Waals surface area contributed by atoms with Crippen molar-refractivity contribution in [2.24, 2.45) is 11.8 Å². The molecule has 1 fully saturated rings. The maximum atomic E-state index is 12.2. The van der Waals surface area contributed by atoms with E-state index in [1.807, 2.05) is 0 Å². The van der Waals surface area contributed by atoms with Crippen LogP contribution in [-0.2, 0) is 18.3 Å². The molecular formula is C22H45O5P. The molecule has 0 spiro atoms. The van der Waals surface area contributed by atoms with Crippen LogP contribution in [0, 0.1) is 11.8 Å². The van der Waals surface area contributed by atoms with Crippen molar-refractivity contribution in [1.29, 1.82) is 0 Å². The Morgan fingerprint density at radius 3 is 2.25 bits per heavy atom. The second kappa shape index (κ2) is 15.8. The molecule has 1 heterocycles. The van der Waals surface area contributed by atoms with Crippen molar-refractivity contribution in [1.82, 2.24) is 0 Å². The fraction of sp³-hybridized carbons (Fsp3) is 1.00. The van der Waals surface area contributed by atoms with Crippen molar-refractivity contribution in [3.8, 4) is 0 Å². The first kappa shape index (κ1) is 26.1. The highest BCUT2D eigenvalue weighted by Crippen LogP contribution is 2.45. The van der Waals surface area contributed by atoms with E-state index in [9.17, 15) is 9.46 Å². The van der Waals surface area contributed by atoms with Crippen LogP contribution in [0.4, 0.5) is 0 Å². The predicted molar refractivity (Wildman–Crippen MR) is 115 cm³/mol. The quantitative estimate of drug-likeness (QED) is 0.193. The molecule has 0 radical (unpaired) electrons. The maximum Gasteiger partial charge on any atom is 0.472 e. The Kier molecular flexibility index (Phi) is 14.8. The Balaban J connectivity index is 2.45.